The third-order valence-electron chi connectivity index (χ3n) is 5.40. The van der Waals surface area contributed by atoms with E-state index in [1.54, 1.807) is 7.11 Å². The zero-order valence-corrected chi connectivity index (χ0v) is 19.7. The maximum Gasteiger partial charge on any atom is 0.191 e. The quantitative estimate of drug-likeness (QED) is 0.432. The summed E-state index contributed by atoms with van der Waals surface area (Å²) in [6.07, 6.45) is 5.56. The highest BCUT2D eigenvalue weighted by Gasteiger charge is 2.22. The molecule has 30 heavy (non-hydrogen) atoms. The molecule has 0 bridgehead atoms. The second kappa shape index (κ2) is 12.2. The van der Waals surface area contributed by atoms with Crippen LogP contribution in [0.15, 0.2) is 29.3 Å². The van der Waals surface area contributed by atoms with Gasteiger partial charge in [0.05, 0.1) is 25.4 Å². The Hall–Kier alpha value is -1.80. The molecule has 0 radical (unpaired) electrons. The topological polar surface area (TPSA) is 83.0 Å². The Morgan fingerprint density at radius 3 is 2.43 bits per heavy atom. The van der Waals surface area contributed by atoms with Crippen LogP contribution in [0, 0.1) is 0 Å². The molecule has 1 saturated heterocycles. The maximum atomic E-state index is 11.5. The summed E-state index contributed by atoms with van der Waals surface area (Å²) in [4.78, 5) is 7.38. The smallest absolute Gasteiger partial charge is 0.191 e. The third-order valence-corrected chi connectivity index (χ3v) is 6.38. The number of piperidine rings is 1. The predicted molar refractivity (Wildman–Crippen MR) is 124 cm³/mol. The number of guanidine groups is 1. The Labute approximate surface area is 182 Å². The summed E-state index contributed by atoms with van der Waals surface area (Å²) in [7, 11) is -1.29. The van der Waals surface area contributed by atoms with Crippen LogP contribution in [-0.2, 0) is 9.84 Å². The van der Waals surface area contributed by atoms with Crippen molar-refractivity contribution in [1.29, 1.82) is 0 Å². The van der Waals surface area contributed by atoms with Crippen LogP contribution in [0.5, 0.6) is 5.75 Å². The van der Waals surface area contributed by atoms with E-state index < -0.39 is 9.84 Å². The first-order chi connectivity index (χ1) is 14.3. The molecule has 1 fully saturated rings. The van der Waals surface area contributed by atoms with E-state index in [2.05, 4.69) is 27.7 Å². The van der Waals surface area contributed by atoms with Gasteiger partial charge in [-0.05, 0) is 63.9 Å². The number of benzene rings is 1. The first-order valence-electron chi connectivity index (χ1n) is 10.9. The molecule has 0 saturated carbocycles. The lowest BCUT2D eigenvalue weighted by Gasteiger charge is -2.34. The largest absolute Gasteiger partial charge is 0.497 e. The summed E-state index contributed by atoms with van der Waals surface area (Å²) in [5, 5.41) is 6.64. The lowest BCUT2D eigenvalue weighted by Crippen LogP contribution is -2.43. The highest BCUT2D eigenvalue weighted by atomic mass is 32.2. The maximum absolute atomic E-state index is 11.5. The van der Waals surface area contributed by atoms with E-state index in [-0.39, 0.29) is 17.8 Å². The fourth-order valence-electron chi connectivity index (χ4n) is 3.68. The Kier molecular flexibility index (Phi) is 9.91. The van der Waals surface area contributed by atoms with Crippen LogP contribution in [-0.4, -0.2) is 70.6 Å². The average Bonchev–Trinajstić information content (AvgIpc) is 2.73. The number of sulfone groups is 1. The van der Waals surface area contributed by atoms with Gasteiger partial charge in [0.25, 0.3) is 0 Å². The van der Waals surface area contributed by atoms with Gasteiger partial charge in [-0.15, -0.1) is 0 Å². The fraction of sp³-hybridized carbons (Fsp3) is 0.682. The number of hydrogen-bond acceptors (Lipinski definition) is 5. The lowest BCUT2D eigenvalue weighted by atomic mass is 10.0. The zero-order valence-electron chi connectivity index (χ0n) is 18.9. The number of ether oxygens (including phenoxy) is 1. The Morgan fingerprint density at radius 2 is 1.87 bits per heavy atom. The number of likely N-dealkylation sites (tertiary alicyclic amines) is 1. The molecule has 0 amide bonds. The lowest BCUT2D eigenvalue weighted by molar-refractivity contribution is 0.167. The van der Waals surface area contributed by atoms with Gasteiger partial charge in [0.1, 0.15) is 15.6 Å². The van der Waals surface area contributed by atoms with Gasteiger partial charge in [0.2, 0.25) is 0 Å². The van der Waals surface area contributed by atoms with Crippen molar-refractivity contribution in [3.05, 3.63) is 29.8 Å². The summed E-state index contributed by atoms with van der Waals surface area (Å²) < 4.78 is 28.2. The van der Waals surface area contributed by atoms with E-state index in [4.69, 9.17) is 9.73 Å². The number of rotatable bonds is 10. The molecule has 1 aliphatic heterocycles. The van der Waals surface area contributed by atoms with Gasteiger partial charge in [-0.2, -0.15) is 0 Å². The molecule has 0 aromatic heterocycles. The van der Waals surface area contributed by atoms with Crippen molar-refractivity contribution in [2.45, 2.75) is 51.6 Å². The van der Waals surface area contributed by atoms with Crippen LogP contribution in [0.1, 0.15) is 51.1 Å². The van der Waals surface area contributed by atoms with Gasteiger partial charge in [0.15, 0.2) is 5.96 Å². The monoisotopic (exact) mass is 438 g/mol. The molecule has 0 aliphatic carbocycles. The molecule has 8 heteroatoms. The molecule has 7 nitrogen and oxygen atoms in total. The van der Waals surface area contributed by atoms with Crippen LogP contribution in [0.3, 0.4) is 0 Å². The van der Waals surface area contributed by atoms with E-state index in [0.29, 0.717) is 13.0 Å². The number of methoxy groups -OCH3 is 1. The first kappa shape index (κ1) is 24.5. The van der Waals surface area contributed by atoms with Gasteiger partial charge >= 0.3 is 0 Å². The molecule has 1 aromatic carbocycles. The second-order valence-corrected chi connectivity index (χ2v) is 10.3. The van der Waals surface area contributed by atoms with E-state index in [1.165, 1.54) is 31.1 Å². The van der Waals surface area contributed by atoms with Crippen molar-refractivity contribution in [3.63, 3.8) is 0 Å². The fourth-order valence-corrected chi connectivity index (χ4v) is 4.46. The average molecular weight is 439 g/mol. The molecule has 1 aliphatic rings. The van der Waals surface area contributed by atoms with Gasteiger partial charge in [-0.25, -0.2) is 8.42 Å². The predicted octanol–water partition coefficient (Wildman–Crippen LogP) is 2.60. The number of hydrogen-bond donors (Lipinski definition) is 2. The summed E-state index contributed by atoms with van der Waals surface area (Å²) in [5.74, 6) is 1.76. The molecular formula is C22H38N4O3S. The summed E-state index contributed by atoms with van der Waals surface area (Å²) in [6, 6.07) is 8.50. The summed E-state index contributed by atoms with van der Waals surface area (Å²) >= 11 is 0. The first-order valence-corrected chi connectivity index (χ1v) is 13.0. The van der Waals surface area contributed by atoms with E-state index >= 15 is 0 Å². The van der Waals surface area contributed by atoms with Gasteiger partial charge in [0, 0.05) is 18.8 Å². The molecule has 170 valence electrons. The van der Waals surface area contributed by atoms with Gasteiger partial charge in [-0.3, -0.25) is 9.89 Å². The van der Waals surface area contributed by atoms with E-state index in [9.17, 15) is 8.42 Å². The van der Waals surface area contributed by atoms with Crippen molar-refractivity contribution < 1.29 is 13.2 Å². The Morgan fingerprint density at radius 1 is 1.20 bits per heavy atom. The molecule has 2 atom stereocenters. The highest BCUT2D eigenvalue weighted by Crippen LogP contribution is 2.26. The van der Waals surface area contributed by atoms with Crippen LogP contribution in [0.25, 0.3) is 0 Å². The number of nitrogens with zero attached hydrogens (tertiary/aromatic N) is 2. The molecule has 1 aromatic rings. The van der Waals surface area contributed by atoms with Crippen LogP contribution < -0.4 is 15.4 Å². The van der Waals surface area contributed by atoms with Crippen LogP contribution >= 0.6 is 0 Å². The van der Waals surface area contributed by atoms with E-state index in [0.717, 1.165) is 31.3 Å². The summed E-state index contributed by atoms with van der Waals surface area (Å²) in [6.45, 7) is 7.58. The summed E-state index contributed by atoms with van der Waals surface area (Å²) in [5.41, 5.74) is 1.24. The number of aliphatic imine (C=N–C) groups is 1. The van der Waals surface area contributed by atoms with Crippen LogP contribution in [0.4, 0.5) is 0 Å². The van der Waals surface area contributed by atoms with Crippen molar-refractivity contribution in [1.82, 2.24) is 15.5 Å². The molecular weight excluding hydrogens is 400 g/mol. The minimum absolute atomic E-state index is 0.0203. The van der Waals surface area contributed by atoms with Crippen molar-refractivity contribution >= 4 is 15.8 Å². The second-order valence-electron chi connectivity index (χ2n) is 8.07. The standard InChI is InChI=1S/C22H38N4O3S/c1-5-23-22(25-18(2)13-16-30(4,27)28)24-17-21(26-14-7-6-8-15-26)19-9-11-20(29-3)12-10-19/h9-12,18,21H,5-8,13-17H2,1-4H3,(H2,23,24,25). The molecule has 0 spiro atoms. The SMILES string of the molecule is CCNC(=NCC(c1ccc(OC)cc1)N1CCCCC1)NC(C)CCS(C)(=O)=O. The van der Waals surface area contributed by atoms with Gasteiger partial charge in [-0.1, -0.05) is 18.6 Å². The van der Waals surface area contributed by atoms with Crippen molar-refractivity contribution in [3.8, 4) is 5.75 Å². The highest BCUT2D eigenvalue weighted by molar-refractivity contribution is 7.90. The minimum Gasteiger partial charge on any atom is -0.497 e. The molecule has 1 heterocycles. The molecule has 2 rings (SSSR count). The normalized spacial score (nSPS) is 17.9. The number of nitrogens with one attached hydrogen (secondary N) is 2. The van der Waals surface area contributed by atoms with Gasteiger partial charge < -0.3 is 15.4 Å². The zero-order chi connectivity index (χ0) is 22.0. The minimum atomic E-state index is -2.97. The molecule has 2 N–H and O–H groups in total. The van der Waals surface area contributed by atoms with Crippen molar-refractivity contribution in [2.24, 2.45) is 4.99 Å². The van der Waals surface area contributed by atoms with E-state index in [1.807, 2.05) is 26.0 Å². The van der Waals surface area contributed by atoms with Crippen LogP contribution in [0.2, 0.25) is 0 Å². The third kappa shape index (κ3) is 8.52. The van der Waals surface area contributed by atoms with Crippen molar-refractivity contribution in [2.75, 3.05) is 45.3 Å². The molecule has 2 unspecified atom stereocenters. The Bertz CT molecular complexity index is 759. The Balaban J connectivity index is 2.12.